The van der Waals surface area contributed by atoms with Crippen LogP contribution in [0.25, 0.3) is 6.08 Å². The van der Waals surface area contributed by atoms with Crippen molar-refractivity contribution in [2.45, 2.75) is 6.54 Å². The van der Waals surface area contributed by atoms with E-state index >= 15 is 0 Å². The predicted molar refractivity (Wildman–Crippen MR) is 62.3 cm³/mol. The highest BCUT2D eigenvalue weighted by molar-refractivity contribution is 5.47. The molecule has 0 N–H and O–H groups in total. The Morgan fingerprint density at radius 2 is 1.80 bits per heavy atom. The first-order valence-electron chi connectivity index (χ1n) is 7.14. The lowest BCUT2D eigenvalue weighted by Crippen LogP contribution is -2.32. The van der Waals surface area contributed by atoms with Crippen LogP contribution in [0, 0.1) is 0 Å². The molecule has 0 aliphatic rings. The molecule has 0 aliphatic heterocycles. The molecule has 1 aromatic heterocycles. The van der Waals surface area contributed by atoms with Gasteiger partial charge in [0.05, 0.1) is 4.11 Å². The lowest BCUT2D eigenvalue weighted by molar-refractivity contribution is -0.688. The standard InChI is InChI=1S/C14H14N/c1-2-13-6-8-14(9-7-13)12-15-10-4-3-5-11-15/h2-11H,1,12H2/q+1/i3D,4D,5D,10D,11D. The van der Waals surface area contributed by atoms with Gasteiger partial charge in [-0.3, -0.25) is 0 Å². The predicted octanol–water partition coefficient (Wildman–Crippen LogP) is 2.67. The van der Waals surface area contributed by atoms with E-state index in [4.69, 9.17) is 6.85 Å². The van der Waals surface area contributed by atoms with Crippen molar-refractivity contribution in [3.63, 3.8) is 0 Å². The van der Waals surface area contributed by atoms with Crippen molar-refractivity contribution < 1.29 is 11.4 Å². The molecule has 0 aliphatic carbocycles. The summed E-state index contributed by atoms with van der Waals surface area (Å²) < 4.78 is 39.7. The Labute approximate surface area is 97.3 Å². The van der Waals surface area contributed by atoms with Gasteiger partial charge in [0.25, 0.3) is 0 Å². The van der Waals surface area contributed by atoms with Crippen molar-refractivity contribution in [2.24, 2.45) is 0 Å². The van der Waals surface area contributed by atoms with Crippen molar-refractivity contribution in [3.05, 3.63) is 72.4 Å². The van der Waals surface area contributed by atoms with E-state index in [1.54, 1.807) is 6.08 Å². The van der Waals surface area contributed by atoms with Gasteiger partial charge in [-0.2, -0.15) is 0 Å². The Kier molecular flexibility index (Phi) is 1.60. The van der Waals surface area contributed by atoms with Gasteiger partial charge < -0.3 is 0 Å². The number of hydrogen-bond donors (Lipinski definition) is 0. The van der Waals surface area contributed by atoms with Gasteiger partial charge >= 0.3 is 0 Å². The molecule has 0 unspecified atom stereocenters. The van der Waals surface area contributed by atoms with E-state index in [1.165, 1.54) is 4.57 Å². The van der Waals surface area contributed by atoms with E-state index in [1.807, 2.05) is 24.3 Å². The minimum atomic E-state index is -0.377. The first-order chi connectivity index (χ1) is 9.45. The molecule has 0 amide bonds. The summed E-state index contributed by atoms with van der Waals surface area (Å²) in [5.74, 6) is 0. The summed E-state index contributed by atoms with van der Waals surface area (Å²) in [6.45, 7) is 3.90. The molecule has 0 atom stereocenters. The van der Waals surface area contributed by atoms with Gasteiger partial charge in [0.2, 0.25) is 0 Å². The highest BCUT2D eigenvalue weighted by atomic mass is 14.9. The smallest absolute Gasteiger partial charge is 0.173 e. The van der Waals surface area contributed by atoms with Crippen molar-refractivity contribution in [2.75, 3.05) is 0 Å². The second-order valence-electron chi connectivity index (χ2n) is 3.13. The average Bonchev–Trinajstić information content (AvgIpc) is 2.48. The minimum absolute atomic E-state index is 0.219. The molecule has 74 valence electrons. The SMILES string of the molecule is [2H]c1c([2H])c([2H])[n+](Cc2ccc(C=C)cc2)c([2H])c1[2H]. The highest BCUT2D eigenvalue weighted by Crippen LogP contribution is 2.04. The molecular formula is C14H14N+. The van der Waals surface area contributed by atoms with E-state index in [9.17, 15) is 0 Å². The molecule has 0 saturated heterocycles. The van der Waals surface area contributed by atoms with E-state index in [0.29, 0.717) is 0 Å². The van der Waals surface area contributed by atoms with Gasteiger partial charge in [0, 0.05) is 17.6 Å². The fourth-order valence-electron chi connectivity index (χ4n) is 1.27. The molecule has 15 heavy (non-hydrogen) atoms. The summed E-state index contributed by atoms with van der Waals surface area (Å²) in [4.78, 5) is 0. The maximum atomic E-state index is 7.84. The fraction of sp³-hybridized carbons (Fsp3) is 0.0714. The van der Waals surface area contributed by atoms with Crippen LogP contribution in [0.3, 0.4) is 0 Å². The zero-order chi connectivity index (χ0) is 14.9. The summed E-state index contributed by atoms with van der Waals surface area (Å²) in [5.41, 5.74) is 1.83. The average molecular weight is 201 g/mol. The Morgan fingerprint density at radius 1 is 1.13 bits per heavy atom. The zero-order valence-corrected chi connectivity index (χ0v) is 8.25. The normalized spacial score (nSPS) is 14.5. The highest BCUT2D eigenvalue weighted by Gasteiger charge is 1.99. The molecule has 1 heteroatoms. The van der Waals surface area contributed by atoms with Crippen LogP contribution in [0.1, 0.15) is 18.0 Å². The van der Waals surface area contributed by atoms with Gasteiger partial charge in [-0.15, -0.1) is 0 Å². The second kappa shape index (κ2) is 4.56. The number of hydrogen-bond acceptors (Lipinski definition) is 0. The number of rotatable bonds is 3. The molecule has 1 aromatic carbocycles. The van der Waals surface area contributed by atoms with E-state index < -0.39 is 0 Å². The number of pyridine rings is 1. The van der Waals surface area contributed by atoms with Crippen LogP contribution in [0.15, 0.2) is 61.3 Å². The fourth-order valence-corrected chi connectivity index (χ4v) is 1.27. The molecule has 0 fully saturated rings. The monoisotopic (exact) mass is 201 g/mol. The number of benzene rings is 1. The summed E-state index contributed by atoms with van der Waals surface area (Å²) in [6, 6.07) is 6.42. The molecule has 1 heterocycles. The van der Waals surface area contributed by atoms with Crippen LogP contribution in [0.2, 0.25) is 0 Å². The van der Waals surface area contributed by atoms with Gasteiger partial charge in [0.1, 0.15) is 2.74 Å². The van der Waals surface area contributed by atoms with Crippen molar-refractivity contribution in [3.8, 4) is 0 Å². The van der Waals surface area contributed by atoms with E-state index in [-0.39, 0.29) is 37.0 Å². The summed E-state index contributed by atoms with van der Waals surface area (Å²) >= 11 is 0. The molecular weight excluding hydrogens is 182 g/mol. The van der Waals surface area contributed by atoms with Crippen molar-refractivity contribution in [1.82, 2.24) is 0 Å². The molecule has 0 saturated carbocycles. The third-order valence-electron chi connectivity index (χ3n) is 2.06. The Morgan fingerprint density at radius 3 is 2.40 bits per heavy atom. The Balaban J connectivity index is 2.45. The van der Waals surface area contributed by atoms with Gasteiger partial charge in [-0.1, -0.05) is 43.0 Å². The summed E-state index contributed by atoms with van der Waals surface area (Å²) in [6.07, 6.45) is 1.29. The van der Waals surface area contributed by atoms with Crippen LogP contribution in [0.5, 0.6) is 0 Å². The molecule has 0 radical (unpaired) electrons. The van der Waals surface area contributed by atoms with Gasteiger partial charge in [0.15, 0.2) is 18.9 Å². The van der Waals surface area contributed by atoms with Crippen molar-refractivity contribution in [1.29, 1.82) is 0 Å². The number of nitrogens with zero attached hydrogens (tertiary/aromatic N) is 1. The molecule has 2 rings (SSSR count). The Hall–Kier alpha value is -1.89. The molecule has 1 nitrogen and oxygen atoms in total. The summed E-state index contributed by atoms with van der Waals surface area (Å²) in [5, 5.41) is 0. The lowest BCUT2D eigenvalue weighted by Gasteiger charge is -1.98. The minimum Gasteiger partial charge on any atom is -0.201 e. The maximum absolute atomic E-state index is 7.84. The lowest BCUT2D eigenvalue weighted by atomic mass is 10.1. The topological polar surface area (TPSA) is 3.88 Å². The van der Waals surface area contributed by atoms with E-state index in [0.717, 1.165) is 11.1 Å². The van der Waals surface area contributed by atoms with Gasteiger partial charge in [-0.05, 0) is 5.56 Å². The largest absolute Gasteiger partial charge is 0.201 e. The first kappa shape index (κ1) is 5.26. The Bertz CT molecular complexity index is 635. The van der Waals surface area contributed by atoms with Gasteiger partial charge in [-0.25, -0.2) is 4.57 Å². The van der Waals surface area contributed by atoms with Crippen LogP contribution in [-0.2, 0) is 6.54 Å². The quantitative estimate of drug-likeness (QED) is 0.672. The maximum Gasteiger partial charge on any atom is 0.173 e. The van der Waals surface area contributed by atoms with Crippen LogP contribution in [-0.4, -0.2) is 0 Å². The number of aromatic nitrogens is 1. The first-order valence-corrected chi connectivity index (χ1v) is 4.64. The molecule has 2 aromatic rings. The third kappa shape index (κ3) is 2.53. The van der Waals surface area contributed by atoms with E-state index in [2.05, 4.69) is 6.58 Å². The second-order valence-corrected chi connectivity index (χ2v) is 3.13. The van der Waals surface area contributed by atoms with Crippen LogP contribution >= 0.6 is 0 Å². The molecule has 0 spiro atoms. The third-order valence-corrected chi connectivity index (χ3v) is 2.06. The van der Waals surface area contributed by atoms with Crippen LogP contribution in [0.4, 0.5) is 0 Å². The van der Waals surface area contributed by atoms with Crippen LogP contribution < -0.4 is 4.57 Å². The summed E-state index contributed by atoms with van der Waals surface area (Å²) in [7, 11) is 0. The van der Waals surface area contributed by atoms with Crippen molar-refractivity contribution >= 4 is 6.08 Å². The molecule has 0 bridgehead atoms. The zero-order valence-electron chi connectivity index (χ0n) is 13.2.